The van der Waals surface area contributed by atoms with Gasteiger partial charge in [-0.1, -0.05) is 42.5 Å². The minimum Gasteiger partial charge on any atom is -0.508 e. The molecule has 0 fully saturated rings. The van der Waals surface area contributed by atoms with Crippen LogP contribution < -0.4 is 21.7 Å². The molecule has 0 bridgehead atoms. The Kier molecular flexibility index (Phi) is 10.8. The first-order valence-corrected chi connectivity index (χ1v) is 10.9. The highest BCUT2D eigenvalue weighted by Crippen LogP contribution is 2.10. The van der Waals surface area contributed by atoms with Gasteiger partial charge in [0.05, 0.1) is 0 Å². The first-order valence-electron chi connectivity index (χ1n) is 10.9. The molecule has 0 unspecified atom stereocenters. The summed E-state index contributed by atoms with van der Waals surface area (Å²) in [4.78, 5) is 35.6. The summed E-state index contributed by atoms with van der Waals surface area (Å²) in [5, 5.41) is 29.9. The molecule has 0 saturated heterocycles. The molecule has 0 aromatic heterocycles. The molecule has 2 amide bonds. The van der Waals surface area contributed by atoms with Crippen molar-refractivity contribution >= 4 is 17.8 Å². The molecule has 34 heavy (non-hydrogen) atoms. The highest BCUT2D eigenvalue weighted by Gasteiger charge is 2.20. The zero-order valence-corrected chi connectivity index (χ0v) is 18.8. The monoisotopic (exact) mass is 470 g/mol. The number of phenolic OH excluding ortho intramolecular Hbond substituents is 1. The zero-order valence-electron chi connectivity index (χ0n) is 18.8. The number of nitrogens with two attached hydrogens (primary N) is 1. The second-order valence-electron chi connectivity index (χ2n) is 7.64. The molecule has 0 saturated carbocycles. The average Bonchev–Trinajstić information content (AvgIpc) is 2.80. The van der Waals surface area contributed by atoms with Crippen molar-refractivity contribution in [1.82, 2.24) is 16.0 Å². The van der Waals surface area contributed by atoms with Crippen molar-refractivity contribution in [1.29, 1.82) is 0 Å². The Morgan fingerprint density at radius 1 is 1.03 bits per heavy atom. The number of phenols is 1. The highest BCUT2D eigenvalue weighted by molar-refractivity contribution is 5.87. The quantitative estimate of drug-likeness (QED) is 0.0967. The summed E-state index contributed by atoms with van der Waals surface area (Å²) in [6.07, 6.45) is 2.38. The molecule has 182 valence electrons. The van der Waals surface area contributed by atoms with E-state index in [4.69, 9.17) is 5.73 Å². The molecule has 0 aliphatic carbocycles. The molecule has 6 N–H and O–H groups in total. The van der Waals surface area contributed by atoms with Gasteiger partial charge in [0.2, 0.25) is 11.8 Å². The number of nitro groups is 1. The summed E-state index contributed by atoms with van der Waals surface area (Å²) >= 11 is 0. The number of hydrazone groups is 1. The number of carbonyl (C=O) groups is 2. The van der Waals surface area contributed by atoms with Crippen LogP contribution in [0.5, 0.6) is 5.75 Å². The lowest BCUT2D eigenvalue weighted by atomic mass is 10.1. The average molecular weight is 471 g/mol. The number of guanidine groups is 1. The summed E-state index contributed by atoms with van der Waals surface area (Å²) in [7, 11) is 0. The molecular weight excluding hydrogens is 440 g/mol. The second-order valence-corrected chi connectivity index (χ2v) is 7.64. The molecule has 0 aliphatic rings. The van der Waals surface area contributed by atoms with Gasteiger partial charge in [0.15, 0.2) is 5.03 Å². The second kappa shape index (κ2) is 14.1. The van der Waals surface area contributed by atoms with Crippen molar-refractivity contribution in [2.45, 2.75) is 44.7 Å². The number of carbonyl (C=O) groups excluding carboxylic acids is 2. The standard InChI is InChI=1S/C23H30N6O5/c24-23(28-29(33)34)25-15-5-9-20(22(32)26-16-18-11-13-19(30)14-12-18)27-21(31)10-4-8-17-6-2-1-3-7-17/h1-3,6-7,11-14,20,30H,4-5,8-10,15-16H2,(H,26,32)(H,27,31)(H3,24,25,28)/t20-/m1/s1. The fraction of sp³-hybridized carbons (Fsp3) is 0.348. The molecule has 2 rings (SSSR count). The maximum atomic E-state index is 12.8. The molecule has 2 aromatic carbocycles. The Morgan fingerprint density at radius 2 is 1.74 bits per heavy atom. The fourth-order valence-corrected chi connectivity index (χ4v) is 3.21. The first kappa shape index (κ1) is 26.1. The van der Waals surface area contributed by atoms with Crippen LogP contribution in [0.3, 0.4) is 0 Å². The number of nitrogens with zero attached hydrogens (tertiary/aromatic N) is 2. The molecular formula is C23H30N6O5. The van der Waals surface area contributed by atoms with E-state index in [0.717, 1.165) is 17.5 Å². The normalized spacial score (nSPS) is 11.9. The van der Waals surface area contributed by atoms with Crippen molar-refractivity contribution in [2.24, 2.45) is 10.8 Å². The Hall–Kier alpha value is -4.15. The van der Waals surface area contributed by atoms with E-state index in [9.17, 15) is 24.8 Å². The Balaban J connectivity index is 1.87. The van der Waals surface area contributed by atoms with Crippen molar-refractivity contribution < 1.29 is 19.7 Å². The maximum Gasteiger partial charge on any atom is 0.266 e. The predicted molar refractivity (Wildman–Crippen MR) is 127 cm³/mol. The third kappa shape index (κ3) is 10.4. The highest BCUT2D eigenvalue weighted by atomic mass is 16.7. The van der Waals surface area contributed by atoms with Crippen LogP contribution in [0.15, 0.2) is 59.7 Å². The van der Waals surface area contributed by atoms with Gasteiger partial charge in [0.25, 0.3) is 5.96 Å². The van der Waals surface area contributed by atoms with E-state index in [1.165, 1.54) is 12.1 Å². The van der Waals surface area contributed by atoms with Gasteiger partial charge in [-0.3, -0.25) is 9.59 Å². The molecule has 11 nitrogen and oxygen atoms in total. The third-order valence-electron chi connectivity index (χ3n) is 4.93. The number of amides is 2. The van der Waals surface area contributed by atoms with Crippen LogP contribution in [0.2, 0.25) is 0 Å². The van der Waals surface area contributed by atoms with E-state index in [2.05, 4.69) is 21.1 Å². The van der Waals surface area contributed by atoms with Crippen LogP contribution in [-0.2, 0) is 22.6 Å². The van der Waals surface area contributed by atoms with Crippen molar-refractivity contribution in [2.75, 3.05) is 6.54 Å². The molecule has 0 radical (unpaired) electrons. The summed E-state index contributed by atoms with van der Waals surface area (Å²) in [5.41, 5.74) is 7.32. The molecule has 1 atom stereocenters. The number of hydrogen-bond acceptors (Lipinski definition) is 5. The molecule has 2 aromatic rings. The number of aryl methyl sites for hydroxylation is 1. The van der Waals surface area contributed by atoms with Crippen molar-refractivity contribution in [3.63, 3.8) is 0 Å². The third-order valence-corrected chi connectivity index (χ3v) is 4.93. The smallest absolute Gasteiger partial charge is 0.266 e. The lowest BCUT2D eigenvalue weighted by molar-refractivity contribution is -0.485. The first-order chi connectivity index (χ1) is 16.3. The van der Waals surface area contributed by atoms with Gasteiger partial charge in [-0.25, -0.2) is 10.1 Å². The summed E-state index contributed by atoms with van der Waals surface area (Å²) in [6.45, 7) is 0.481. The van der Waals surface area contributed by atoms with Crippen LogP contribution in [-0.4, -0.2) is 40.5 Å². The van der Waals surface area contributed by atoms with Crippen LogP contribution in [0.25, 0.3) is 0 Å². The van der Waals surface area contributed by atoms with Crippen molar-refractivity contribution in [3.05, 3.63) is 75.8 Å². The molecule has 0 spiro atoms. The van der Waals surface area contributed by atoms with E-state index < -0.39 is 11.1 Å². The molecule has 0 heterocycles. The Labute approximate surface area is 197 Å². The van der Waals surface area contributed by atoms with Crippen LogP contribution >= 0.6 is 0 Å². The summed E-state index contributed by atoms with van der Waals surface area (Å²) in [5.74, 6) is -0.786. The van der Waals surface area contributed by atoms with Gasteiger partial charge >= 0.3 is 0 Å². The minimum absolute atomic E-state index is 0.128. The van der Waals surface area contributed by atoms with Gasteiger partial charge < -0.3 is 26.8 Å². The SMILES string of the molecule is NC(=N[N+](=O)[O-])NCCC[C@@H](NC(=O)CCCc1ccccc1)C(=O)NCc1ccc(O)cc1. The molecule has 11 heteroatoms. The summed E-state index contributed by atoms with van der Waals surface area (Å²) < 4.78 is 0. The lowest BCUT2D eigenvalue weighted by Gasteiger charge is -2.19. The topological polar surface area (TPSA) is 172 Å². The van der Waals surface area contributed by atoms with Crippen LogP contribution in [0.1, 0.15) is 36.8 Å². The summed E-state index contributed by atoms with van der Waals surface area (Å²) in [6, 6.07) is 15.5. The van der Waals surface area contributed by atoms with E-state index in [1.54, 1.807) is 12.1 Å². The van der Waals surface area contributed by atoms with Gasteiger partial charge in [0, 0.05) is 19.5 Å². The molecule has 0 aliphatic heterocycles. The van der Waals surface area contributed by atoms with E-state index in [1.807, 2.05) is 30.3 Å². The number of hydrogen-bond donors (Lipinski definition) is 5. The van der Waals surface area contributed by atoms with E-state index in [-0.39, 0.29) is 43.0 Å². The maximum absolute atomic E-state index is 12.8. The van der Waals surface area contributed by atoms with Gasteiger partial charge in [0.1, 0.15) is 16.9 Å². The van der Waals surface area contributed by atoms with Gasteiger partial charge in [-0.2, -0.15) is 0 Å². The number of rotatable bonds is 13. The fourth-order valence-electron chi connectivity index (χ4n) is 3.21. The largest absolute Gasteiger partial charge is 0.508 e. The van der Waals surface area contributed by atoms with Gasteiger partial charge in [-0.05, 0) is 48.9 Å². The zero-order chi connectivity index (χ0) is 24.8. The lowest BCUT2D eigenvalue weighted by Crippen LogP contribution is -2.47. The Morgan fingerprint density at radius 3 is 2.41 bits per heavy atom. The Bertz CT molecular complexity index is 966. The number of nitrogens with one attached hydrogen (secondary N) is 3. The van der Waals surface area contributed by atoms with Crippen molar-refractivity contribution in [3.8, 4) is 5.75 Å². The number of benzene rings is 2. The van der Waals surface area contributed by atoms with Crippen LogP contribution in [0.4, 0.5) is 0 Å². The van der Waals surface area contributed by atoms with E-state index in [0.29, 0.717) is 19.3 Å². The minimum atomic E-state index is -0.905. The van der Waals surface area contributed by atoms with E-state index >= 15 is 0 Å². The predicted octanol–water partition coefficient (Wildman–Crippen LogP) is 1.39. The van der Waals surface area contributed by atoms with Gasteiger partial charge in [-0.15, -0.1) is 0 Å². The number of aromatic hydroxyl groups is 1. The van der Waals surface area contributed by atoms with Crippen LogP contribution in [0, 0.1) is 10.1 Å².